The summed E-state index contributed by atoms with van der Waals surface area (Å²) in [5.41, 5.74) is 5.69. The largest absolute Gasteiger partial charge is 0.390 e. The highest BCUT2D eigenvalue weighted by molar-refractivity contribution is 5.97. The second kappa shape index (κ2) is 11.2. The van der Waals surface area contributed by atoms with Crippen LogP contribution in [-0.4, -0.2) is 59.1 Å². The quantitative estimate of drug-likeness (QED) is 0.561. The van der Waals surface area contributed by atoms with E-state index in [4.69, 9.17) is 0 Å². The van der Waals surface area contributed by atoms with E-state index in [1.807, 2.05) is 11.0 Å². The normalized spacial score (nSPS) is 17.9. The molecule has 0 radical (unpaired) electrons. The highest BCUT2D eigenvalue weighted by atomic mass is 16.3. The maximum Gasteiger partial charge on any atom is 0.254 e. The van der Waals surface area contributed by atoms with Gasteiger partial charge in [0.05, 0.1) is 6.10 Å². The monoisotopic (exact) mass is 449 g/mol. The molecular formula is C28H39N3O2. The van der Waals surface area contributed by atoms with E-state index >= 15 is 0 Å². The van der Waals surface area contributed by atoms with E-state index in [-0.39, 0.29) is 5.91 Å². The minimum atomic E-state index is -0.541. The van der Waals surface area contributed by atoms with Crippen LogP contribution in [0.4, 0.5) is 5.69 Å². The number of amides is 1. The predicted molar refractivity (Wildman–Crippen MR) is 135 cm³/mol. The Morgan fingerprint density at radius 3 is 2.58 bits per heavy atom. The fraction of sp³-hybridized carbons (Fsp3) is 0.536. The molecular weight excluding hydrogens is 410 g/mol. The molecule has 0 saturated heterocycles. The first-order valence-corrected chi connectivity index (χ1v) is 12.7. The Hall–Kier alpha value is -2.37. The van der Waals surface area contributed by atoms with Gasteiger partial charge in [-0.25, -0.2) is 0 Å². The van der Waals surface area contributed by atoms with Gasteiger partial charge in [0.25, 0.3) is 5.91 Å². The van der Waals surface area contributed by atoms with Gasteiger partial charge >= 0.3 is 0 Å². The van der Waals surface area contributed by atoms with Gasteiger partial charge < -0.3 is 15.3 Å². The lowest BCUT2D eigenvalue weighted by Gasteiger charge is -2.34. The Bertz CT molecular complexity index is 944. The second-order valence-electron chi connectivity index (χ2n) is 9.67. The van der Waals surface area contributed by atoms with Crippen LogP contribution in [-0.2, 0) is 19.4 Å². The number of rotatable bonds is 10. The van der Waals surface area contributed by atoms with Gasteiger partial charge in [-0.05, 0) is 54.5 Å². The third kappa shape index (κ3) is 5.96. The van der Waals surface area contributed by atoms with Gasteiger partial charge in [0, 0.05) is 50.0 Å². The van der Waals surface area contributed by atoms with Gasteiger partial charge in [-0.3, -0.25) is 9.69 Å². The molecule has 1 amide bonds. The second-order valence-corrected chi connectivity index (χ2v) is 9.67. The average molecular weight is 450 g/mol. The standard InChI is InChI=1S/C28H39N3O2/c1-3-5-10-24(4-2)29-25-12-11-22-14-16-31(28(33)27(22)17-25)20-26(32)19-30-15-13-21-8-6-7-9-23(21)18-30/h6-9,11-12,17,24,26,29,32H,3-5,10,13-16,18-20H2,1-2H3. The minimum absolute atomic E-state index is 0.0459. The number of nitrogens with zero attached hydrogens (tertiary/aromatic N) is 2. The first-order valence-electron chi connectivity index (χ1n) is 12.7. The molecule has 0 fully saturated rings. The van der Waals surface area contributed by atoms with Gasteiger partial charge in [0.1, 0.15) is 0 Å². The molecule has 4 rings (SSSR count). The van der Waals surface area contributed by atoms with E-state index in [9.17, 15) is 9.90 Å². The number of hydrogen-bond acceptors (Lipinski definition) is 4. The summed E-state index contributed by atoms with van der Waals surface area (Å²) < 4.78 is 0. The van der Waals surface area contributed by atoms with Gasteiger partial charge in [-0.1, -0.05) is 57.0 Å². The molecule has 33 heavy (non-hydrogen) atoms. The first kappa shape index (κ1) is 23.8. The maximum atomic E-state index is 13.3. The SMILES string of the molecule is CCCCC(CC)Nc1ccc2c(c1)C(=O)N(CC(O)CN1CCc3ccccc3C1)CC2. The molecule has 2 aliphatic heterocycles. The molecule has 5 nitrogen and oxygen atoms in total. The summed E-state index contributed by atoms with van der Waals surface area (Å²) in [7, 11) is 0. The van der Waals surface area contributed by atoms with Crippen molar-refractivity contribution in [2.75, 3.05) is 31.5 Å². The summed E-state index contributed by atoms with van der Waals surface area (Å²) in [6.45, 7) is 7.92. The third-order valence-electron chi connectivity index (χ3n) is 7.16. The van der Waals surface area contributed by atoms with Gasteiger partial charge in [0.2, 0.25) is 0 Å². The lowest BCUT2D eigenvalue weighted by molar-refractivity contribution is 0.0493. The molecule has 2 N–H and O–H groups in total. The predicted octanol–water partition coefficient (Wildman–Crippen LogP) is 4.48. The number of β-amino-alcohol motifs (C(OH)–C–C–N with tert-alkyl or cyclic N) is 1. The first-order chi connectivity index (χ1) is 16.1. The topological polar surface area (TPSA) is 55.8 Å². The molecule has 2 aromatic carbocycles. The van der Waals surface area contributed by atoms with E-state index < -0.39 is 6.10 Å². The van der Waals surface area contributed by atoms with Gasteiger partial charge in [0.15, 0.2) is 0 Å². The van der Waals surface area contributed by atoms with E-state index in [0.717, 1.165) is 55.6 Å². The van der Waals surface area contributed by atoms with Crippen LogP contribution in [0.1, 0.15) is 66.6 Å². The molecule has 0 aromatic heterocycles. The Kier molecular flexibility index (Phi) is 8.05. The van der Waals surface area contributed by atoms with Crippen LogP contribution in [0.15, 0.2) is 42.5 Å². The molecule has 178 valence electrons. The summed E-state index contributed by atoms with van der Waals surface area (Å²) in [5.74, 6) is 0.0459. The fourth-order valence-electron chi connectivity index (χ4n) is 5.17. The molecule has 2 unspecified atom stereocenters. The number of fused-ring (bicyclic) bond motifs is 2. The Morgan fingerprint density at radius 1 is 1.00 bits per heavy atom. The van der Waals surface area contributed by atoms with Crippen molar-refractivity contribution in [2.45, 2.75) is 71.1 Å². The van der Waals surface area contributed by atoms with Crippen LogP contribution >= 0.6 is 0 Å². The zero-order chi connectivity index (χ0) is 23.2. The number of unbranched alkanes of at least 4 members (excludes halogenated alkanes) is 1. The molecule has 2 aromatic rings. The third-order valence-corrected chi connectivity index (χ3v) is 7.16. The fourth-order valence-corrected chi connectivity index (χ4v) is 5.17. The summed E-state index contributed by atoms with van der Waals surface area (Å²) >= 11 is 0. The lowest BCUT2D eigenvalue weighted by Crippen LogP contribution is -2.46. The van der Waals surface area contributed by atoms with E-state index in [1.165, 1.54) is 24.0 Å². The zero-order valence-electron chi connectivity index (χ0n) is 20.2. The minimum Gasteiger partial charge on any atom is -0.390 e. The Labute approximate surface area is 198 Å². The molecule has 2 heterocycles. The van der Waals surface area contributed by atoms with Crippen molar-refractivity contribution in [3.05, 3.63) is 64.7 Å². The number of hydrogen-bond donors (Lipinski definition) is 2. The van der Waals surface area contributed by atoms with E-state index in [0.29, 0.717) is 25.7 Å². The lowest BCUT2D eigenvalue weighted by atomic mass is 9.97. The van der Waals surface area contributed by atoms with Crippen molar-refractivity contribution >= 4 is 11.6 Å². The van der Waals surface area contributed by atoms with Gasteiger partial charge in [-0.2, -0.15) is 0 Å². The number of nitrogens with one attached hydrogen (secondary N) is 1. The van der Waals surface area contributed by atoms with Crippen molar-refractivity contribution < 1.29 is 9.90 Å². The van der Waals surface area contributed by atoms with Crippen molar-refractivity contribution in [3.8, 4) is 0 Å². The Morgan fingerprint density at radius 2 is 1.79 bits per heavy atom. The smallest absolute Gasteiger partial charge is 0.254 e. The molecule has 0 bridgehead atoms. The molecule has 2 atom stereocenters. The summed E-state index contributed by atoms with van der Waals surface area (Å²) in [5, 5.41) is 14.4. The van der Waals surface area contributed by atoms with Crippen LogP contribution in [0.2, 0.25) is 0 Å². The number of aliphatic hydroxyl groups excluding tert-OH is 1. The summed E-state index contributed by atoms with van der Waals surface area (Å²) in [6, 6.07) is 15.2. The molecule has 2 aliphatic rings. The van der Waals surface area contributed by atoms with Crippen LogP contribution in [0.5, 0.6) is 0 Å². The number of anilines is 1. The highest BCUT2D eigenvalue weighted by Gasteiger charge is 2.27. The van der Waals surface area contributed by atoms with Gasteiger partial charge in [-0.15, -0.1) is 0 Å². The number of benzene rings is 2. The average Bonchev–Trinajstić information content (AvgIpc) is 2.83. The Balaban J connectivity index is 1.35. The highest BCUT2D eigenvalue weighted by Crippen LogP contribution is 2.25. The van der Waals surface area contributed by atoms with Crippen molar-refractivity contribution in [1.82, 2.24) is 9.80 Å². The van der Waals surface area contributed by atoms with Crippen molar-refractivity contribution in [2.24, 2.45) is 0 Å². The zero-order valence-corrected chi connectivity index (χ0v) is 20.2. The van der Waals surface area contributed by atoms with E-state index in [2.05, 4.69) is 60.5 Å². The number of carbonyl (C=O) groups excluding carboxylic acids is 1. The van der Waals surface area contributed by atoms with Crippen LogP contribution in [0.3, 0.4) is 0 Å². The molecule has 0 spiro atoms. The molecule has 5 heteroatoms. The van der Waals surface area contributed by atoms with Crippen LogP contribution < -0.4 is 5.32 Å². The van der Waals surface area contributed by atoms with Crippen molar-refractivity contribution in [3.63, 3.8) is 0 Å². The number of aliphatic hydroxyl groups is 1. The van der Waals surface area contributed by atoms with Crippen molar-refractivity contribution in [1.29, 1.82) is 0 Å². The molecule has 0 saturated carbocycles. The van der Waals surface area contributed by atoms with E-state index in [1.54, 1.807) is 0 Å². The summed E-state index contributed by atoms with van der Waals surface area (Å²) in [6.07, 6.45) is 5.96. The van der Waals surface area contributed by atoms with Crippen LogP contribution in [0.25, 0.3) is 0 Å². The molecule has 0 aliphatic carbocycles. The number of carbonyl (C=O) groups is 1. The summed E-state index contributed by atoms with van der Waals surface area (Å²) in [4.78, 5) is 17.4. The van der Waals surface area contributed by atoms with Crippen LogP contribution in [0, 0.1) is 0 Å². The maximum absolute atomic E-state index is 13.3.